The Bertz CT molecular complexity index is 527. The van der Waals surface area contributed by atoms with E-state index in [9.17, 15) is 4.79 Å². The molecule has 1 heterocycles. The minimum atomic E-state index is -1.85. The van der Waals surface area contributed by atoms with Crippen LogP contribution in [0.1, 0.15) is 27.7 Å². The third kappa shape index (κ3) is 3.75. The number of amides is 1. The van der Waals surface area contributed by atoms with Crippen molar-refractivity contribution in [2.24, 2.45) is 5.92 Å². The molecule has 1 aromatic rings. The van der Waals surface area contributed by atoms with Gasteiger partial charge < -0.3 is 9.74 Å². The van der Waals surface area contributed by atoms with Crippen molar-refractivity contribution in [3.05, 3.63) is 30.3 Å². The number of rotatable bonds is 5. The molecule has 1 amide bonds. The highest BCUT2D eigenvalue weighted by atomic mass is 32.2. The van der Waals surface area contributed by atoms with Gasteiger partial charge in [-0.2, -0.15) is 0 Å². The first-order valence-electron chi connectivity index (χ1n) is 7.82. The van der Waals surface area contributed by atoms with Gasteiger partial charge in [0, 0.05) is 4.90 Å². The normalized spacial score (nSPS) is 23.6. The lowest BCUT2D eigenvalue weighted by Gasteiger charge is -2.45. The van der Waals surface area contributed by atoms with E-state index in [1.807, 2.05) is 25.1 Å². The van der Waals surface area contributed by atoms with E-state index in [2.05, 4.69) is 51.3 Å². The Hall–Kier alpha value is -0.783. The van der Waals surface area contributed by atoms with Gasteiger partial charge in [-0.3, -0.25) is 4.79 Å². The fourth-order valence-electron chi connectivity index (χ4n) is 2.29. The average Bonchev–Trinajstić information content (AvgIpc) is 2.36. The Morgan fingerprint density at radius 1 is 1.23 bits per heavy atom. The van der Waals surface area contributed by atoms with Crippen LogP contribution in [0.2, 0.25) is 18.1 Å². The Morgan fingerprint density at radius 2 is 1.82 bits per heavy atom. The summed E-state index contributed by atoms with van der Waals surface area (Å²) in [7, 11) is -1.85. The number of β-lactam (4-membered cyclic amide) rings is 1. The molecule has 0 aliphatic carbocycles. The molecule has 2 rings (SSSR count). The summed E-state index contributed by atoms with van der Waals surface area (Å²) >= 11 is 1.71. The minimum absolute atomic E-state index is 0.0455. The SMILES string of the molecule is C[C@@H](O[Si](C)(C)C(C)(C)C)[C@H]1C(=O)NC1Sc1ccccc1. The van der Waals surface area contributed by atoms with Gasteiger partial charge in [0.25, 0.3) is 0 Å². The van der Waals surface area contributed by atoms with Gasteiger partial charge in [0.2, 0.25) is 5.91 Å². The standard InChI is InChI=1S/C17H27NO2SSi/c1-12(20-22(5,6)17(2,3)4)14-15(19)18-16(14)21-13-10-8-7-9-11-13/h7-12,14,16H,1-6H3,(H,18,19)/t12-,14+,16?/m1/s1. The largest absolute Gasteiger partial charge is 0.413 e. The van der Waals surface area contributed by atoms with Crippen LogP contribution in [0.5, 0.6) is 0 Å². The number of hydrogen-bond donors (Lipinski definition) is 1. The molecule has 122 valence electrons. The van der Waals surface area contributed by atoms with Gasteiger partial charge in [-0.05, 0) is 37.2 Å². The van der Waals surface area contributed by atoms with Gasteiger partial charge in [-0.25, -0.2) is 0 Å². The van der Waals surface area contributed by atoms with Crippen molar-refractivity contribution in [1.82, 2.24) is 5.32 Å². The second kappa shape index (κ2) is 6.38. The molecule has 3 atom stereocenters. The molecule has 1 aromatic carbocycles. The van der Waals surface area contributed by atoms with Gasteiger partial charge in [-0.1, -0.05) is 39.0 Å². The van der Waals surface area contributed by atoms with E-state index in [0.29, 0.717) is 0 Å². The number of benzene rings is 1. The van der Waals surface area contributed by atoms with Crippen LogP contribution in [0.4, 0.5) is 0 Å². The Balaban J connectivity index is 2.02. The van der Waals surface area contributed by atoms with E-state index >= 15 is 0 Å². The second-order valence-electron chi connectivity index (χ2n) is 7.47. The maximum Gasteiger partial charge on any atom is 0.229 e. The number of thioether (sulfide) groups is 1. The fraction of sp³-hybridized carbons (Fsp3) is 0.588. The molecule has 1 unspecified atom stereocenters. The predicted molar refractivity (Wildman–Crippen MR) is 95.5 cm³/mol. The molecule has 1 aliphatic rings. The van der Waals surface area contributed by atoms with Crippen molar-refractivity contribution in [3.8, 4) is 0 Å². The molecule has 1 saturated heterocycles. The molecule has 0 bridgehead atoms. The Morgan fingerprint density at radius 3 is 2.32 bits per heavy atom. The van der Waals surface area contributed by atoms with Crippen molar-refractivity contribution in [2.45, 2.75) is 62.2 Å². The molecule has 3 nitrogen and oxygen atoms in total. The summed E-state index contributed by atoms with van der Waals surface area (Å²) in [5.41, 5.74) is 0. The molecule has 0 aromatic heterocycles. The molecule has 1 aliphatic heterocycles. The zero-order valence-corrected chi connectivity index (χ0v) is 16.2. The van der Waals surface area contributed by atoms with Gasteiger partial charge in [0.05, 0.1) is 17.4 Å². The number of nitrogens with one attached hydrogen (secondary N) is 1. The van der Waals surface area contributed by atoms with E-state index in [-0.39, 0.29) is 28.3 Å². The molecule has 1 N–H and O–H groups in total. The highest BCUT2D eigenvalue weighted by Gasteiger charge is 2.47. The van der Waals surface area contributed by atoms with E-state index < -0.39 is 8.32 Å². The topological polar surface area (TPSA) is 38.3 Å². The summed E-state index contributed by atoms with van der Waals surface area (Å²) < 4.78 is 6.41. The molecular weight excluding hydrogens is 310 g/mol. The quantitative estimate of drug-likeness (QED) is 0.644. The smallest absolute Gasteiger partial charge is 0.229 e. The van der Waals surface area contributed by atoms with E-state index in [4.69, 9.17) is 4.43 Å². The van der Waals surface area contributed by atoms with Crippen LogP contribution < -0.4 is 5.32 Å². The zero-order valence-electron chi connectivity index (χ0n) is 14.3. The van der Waals surface area contributed by atoms with Crippen LogP contribution in [0.25, 0.3) is 0 Å². The fourth-order valence-corrected chi connectivity index (χ4v) is 4.99. The summed E-state index contributed by atoms with van der Waals surface area (Å²) in [6.45, 7) is 13.2. The van der Waals surface area contributed by atoms with Crippen LogP contribution in [0, 0.1) is 5.92 Å². The third-order valence-electron chi connectivity index (χ3n) is 4.71. The Labute approximate surface area is 139 Å². The number of carbonyl (C=O) groups excluding carboxylic acids is 1. The first kappa shape index (κ1) is 17.6. The maximum absolute atomic E-state index is 12.0. The lowest BCUT2D eigenvalue weighted by Crippen LogP contribution is -2.62. The molecule has 0 radical (unpaired) electrons. The van der Waals surface area contributed by atoms with Gasteiger partial charge in [0.1, 0.15) is 0 Å². The van der Waals surface area contributed by atoms with E-state index in [1.54, 1.807) is 11.8 Å². The summed E-state index contributed by atoms with van der Waals surface area (Å²) in [4.78, 5) is 13.2. The summed E-state index contributed by atoms with van der Waals surface area (Å²) in [6.07, 6.45) is -0.0455. The molecule has 0 spiro atoms. The summed E-state index contributed by atoms with van der Waals surface area (Å²) in [6, 6.07) is 10.2. The number of carbonyl (C=O) groups is 1. The van der Waals surface area contributed by atoms with Crippen molar-refractivity contribution in [2.75, 3.05) is 0 Å². The van der Waals surface area contributed by atoms with E-state index in [1.165, 1.54) is 4.90 Å². The van der Waals surface area contributed by atoms with Crippen LogP contribution in [0.3, 0.4) is 0 Å². The minimum Gasteiger partial charge on any atom is -0.413 e. The molecule has 0 saturated carbocycles. The van der Waals surface area contributed by atoms with Crippen LogP contribution in [-0.2, 0) is 9.22 Å². The molecule has 1 fully saturated rings. The second-order valence-corrected chi connectivity index (χ2v) is 13.4. The van der Waals surface area contributed by atoms with Crippen LogP contribution >= 0.6 is 11.8 Å². The lowest BCUT2D eigenvalue weighted by atomic mass is 9.96. The monoisotopic (exact) mass is 337 g/mol. The first-order chi connectivity index (χ1) is 10.1. The molecule has 5 heteroatoms. The highest BCUT2D eigenvalue weighted by Crippen LogP contribution is 2.40. The predicted octanol–water partition coefficient (Wildman–Crippen LogP) is 4.26. The van der Waals surface area contributed by atoms with Gasteiger partial charge in [0.15, 0.2) is 8.32 Å². The first-order valence-corrected chi connectivity index (χ1v) is 11.6. The van der Waals surface area contributed by atoms with Crippen LogP contribution in [0.15, 0.2) is 35.2 Å². The molecular formula is C17H27NO2SSi. The van der Waals surface area contributed by atoms with Gasteiger partial charge in [-0.15, -0.1) is 11.8 Å². The van der Waals surface area contributed by atoms with Gasteiger partial charge >= 0.3 is 0 Å². The lowest BCUT2D eigenvalue weighted by molar-refractivity contribution is -0.136. The van der Waals surface area contributed by atoms with Crippen molar-refractivity contribution < 1.29 is 9.22 Å². The summed E-state index contributed by atoms with van der Waals surface area (Å²) in [5.74, 6) is 0.0407. The Kier molecular flexibility index (Phi) is 5.09. The zero-order chi connectivity index (χ0) is 16.5. The third-order valence-corrected chi connectivity index (χ3v) is 10.5. The molecule has 22 heavy (non-hydrogen) atoms. The van der Waals surface area contributed by atoms with Crippen molar-refractivity contribution in [3.63, 3.8) is 0 Å². The van der Waals surface area contributed by atoms with Crippen molar-refractivity contribution in [1.29, 1.82) is 0 Å². The number of hydrogen-bond acceptors (Lipinski definition) is 3. The van der Waals surface area contributed by atoms with E-state index in [0.717, 1.165) is 0 Å². The highest BCUT2D eigenvalue weighted by molar-refractivity contribution is 8.00. The van der Waals surface area contributed by atoms with Crippen molar-refractivity contribution >= 4 is 26.0 Å². The maximum atomic E-state index is 12.0. The van der Waals surface area contributed by atoms with Crippen LogP contribution in [-0.4, -0.2) is 25.7 Å². The average molecular weight is 338 g/mol. The summed E-state index contributed by atoms with van der Waals surface area (Å²) in [5, 5.41) is 3.27.